The lowest BCUT2D eigenvalue weighted by atomic mass is 9.94. The van der Waals surface area contributed by atoms with E-state index in [1.807, 2.05) is 19.1 Å². The highest BCUT2D eigenvalue weighted by molar-refractivity contribution is 7.80. The monoisotopic (exact) mass is 264 g/mol. The van der Waals surface area contributed by atoms with E-state index in [1.165, 1.54) is 0 Å². The van der Waals surface area contributed by atoms with Crippen LogP contribution in [-0.2, 0) is 4.74 Å². The molecule has 0 spiro atoms. The van der Waals surface area contributed by atoms with Gasteiger partial charge in [0.1, 0.15) is 4.99 Å². The van der Waals surface area contributed by atoms with E-state index in [9.17, 15) is 0 Å². The van der Waals surface area contributed by atoms with E-state index < -0.39 is 0 Å². The first-order valence-corrected chi connectivity index (χ1v) is 6.67. The zero-order valence-electron chi connectivity index (χ0n) is 11.0. The SMILES string of the molecule is Cc1cc(NC2(C)CCCOC2)ccc1C(N)=S. The number of rotatable bonds is 3. The fourth-order valence-corrected chi connectivity index (χ4v) is 2.63. The maximum Gasteiger partial charge on any atom is 0.104 e. The molecule has 1 aliphatic rings. The Hall–Kier alpha value is -1.13. The van der Waals surface area contributed by atoms with E-state index in [0.29, 0.717) is 4.99 Å². The van der Waals surface area contributed by atoms with Gasteiger partial charge in [0.25, 0.3) is 0 Å². The molecule has 0 aromatic heterocycles. The average Bonchev–Trinajstić information content (AvgIpc) is 2.28. The van der Waals surface area contributed by atoms with Gasteiger partial charge in [-0.1, -0.05) is 12.2 Å². The van der Waals surface area contributed by atoms with Crippen LogP contribution >= 0.6 is 12.2 Å². The number of nitrogens with one attached hydrogen (secondary N) is 1. The first-order valence-electron chi connectivity index (χ1n) is 6.27. The minimum Gasteiger partial charge on any atom is -0.389 e. The van der Waals surface area contributed by atoms with Crippen LogP contribution in [0.25, 0.3) is 0 Å². The molecule has 3 nitrogen and oxygen atoms in total. The first-order chi connectivity index (χ1) is 8.50. The topological polar surface area (TPSA) is 47.3 Å². The van der Waals surface area contributed by atoms with Crippen LogP contribution in [0.15, 0.2) is 18.2 Å². The smallest absolute Gasteiger partial charge is 0.104 e. The standard InChI is InChI=1S/C14H20N2OS/c1-10-8-11(4-5-12(10)13(15)18)16-14(2)6-3-7-17-9-14/h4-5,8,16H,3,6-7,9H2,1-2H3,(H2,15,18). The summed E-state index contributed by atoms with van der Waals surface area (Å²) >= 11 is 5.01. The molecule has 18 heavy (non-hydrogen) atoms. The van der Waals surface area contributed by atoms with Crippen molar-refractivity contribution in [2.45, 2.75) is 32.2 Å². The van der Waals surface area contributed by atoms with Crippen LogP contribution in [0.3, 0.4) is 0 Å². The van der Waals surface area contributed by atoms with Gasteiger partial charge in [-0.15, -0.1) is 0 Å². The van der Waals surface area contributed by atoms with Crippen LogP contribution in [0, 0.1) is 6.92 Å². The predicted octanol–water partition coefficient (Wildman–Crippen LogP) is 2.61. The zero-order valence-corrected chi connectivity index (χ0v) is 11.8. The van der Waals surface area contributed by atoms with Crippen molar-refractivity contribution in [1.82, 2.24) is 0 Å². The van der Waals surface area contributed by atoms with Gasteiger partial charge in [0.2, 0.25) is 0 Å². The summed E-state index contributed by atoms with van der Waals surface area (Å²) in [6.45, 7) is 5.85. The Labute approximate surface area is 114 Å². The molecule has 2 rings (SSSR count). The molecule has 0 radical (unpaired) electrons. The summed E-state index contributed by atoms with van der Waals surface area (Å²) in [6, 6.07) is 6.10. The van der Waals surface area contributed by atoms with Crippen LogP contribution in [0.1, 0.15) is 30.9 Å². The summed E-state index contributed by atoms with van der Waals surface area (Å²) in [6.07, 6.45) is 2.23. The molecule has 1 atom stereocenters. The molecule has 4 heteroatoms. The minimum atomic E-state index is 0.0232. The van der Waals surface area contributed by atoms with Gasteiger partial charge < -0.3 is 15.8 Å². The highest BCUT2D eigenvalue weighted by Gasteiger charge is 2.27. The molecule has 0 saturated carbocycles. The van der Waals surface area contributed by atoms with Crippen molar-refractivity contribution < 1.29 is 4.74 Å². The molecule has 1 heterocycles. The third-order valence-corrected chi connectivity index (χ3v) is 3.60. The number of benzene rings is 1. The van der Waals surface area contributed by atoms with Crippen LogP contribution < -0.4 is 11.1 Å². The normalized spacial score (nSPS) is 23.7. The molecule has 3 N–H and O–H groups in total. The lowest BCUT2D eigenvalue weighted by molar-refractivity contribution is 0.0540. The highest BCUT2D eigenvalue weighted by Crippen LogP contribution is 2.25. The summed E-state index contributed by atoms with van der Waals surface area (Å²) in [5, 5.41) is 3.56. The Morgan fingerprint density at radius 3 is 2.83 bits per heavy atom. The van der Waals surface area contributed by atoms with Crippen LogP contribution in [0.2, 0.25) is 0 Å². The average molecular weight is 264 g/mol. The van der Waals surface area contributed by atoms with Crippen LogP contribution in [0.4, 0.5) is 5.69 Å². The largest absolute Gasteiger partial charge is 0.389 e. The second-order valence-corrected chi connectivity index (χ2v) is 5.68. The Balaban J connectivity index is 2.14. The van der Waals surface area contributed by atoms with Gasteiger partial charge in [-0.2, -0.15) is 0 Å². The maximum atomic E-state index is 5.67. The lowest BCUT2D eigenvalue weighted by Gasteiger charge is -2.35. The number of aryl methyl sites for hydroxylation is 1. The molecule has 1 aliphatic heterocycles. The Morgan fingerprint density at radius 2 is 2.28 bits per heavy atom. The Kier molecular flexibility index (Phi) is 3.88. The molecule has 1 unspecified atom stereocenters. The lowest BCUT2D eigenvalue weighted by Crippen LogP contribution is -2.43. The van der Waals surface area contributed by atoms with Gasteiger partial charge in [0.05, 0.1) is 12.1 Å². The van der Waals surface area contributed by atoms with Crippen molar-refractivity contribution in [3.63, 3.8) is 0 Å². The van der Waals surface area contributed by atoms with E-state index >= 15 is 0 Å². The van der Waals surface area contributed by atoms with E-state index in [0.717, 1.165) is 42.9 Å². The van der Waals surface area contributed by atoms with E-state index in [1.54, 1.807) is 0 Å². The van der Waals surface area contributed by atoms with Crippen molar-refractivity contribution in [2.24, 2.45) is 5.73 Å². The molecule has 1 saturated heterocycles. The van der Waals surface area contributed by atoms with Crippen molar-refractivity contribution in [2.75, 3.05) is 18.5 Å². The van der Waals surface area contributed by atoms with Gasteiger partial charge in [0, 0.05) is 17.9 Å². The summed E-state index contributed by atoms with van der Waals surface area (Å²) in [5.41, 5.74) is 8.84. The van der Waals surface area contributed by atoms with E-state index in [2.05, 4.69) is 18.3 Å². The molecule has 1 aromatic carbocycles. The van der Waals surface area contributed by atoms with Crippen LogP contribution in [0.5, 0.6) is 0 Å². The molecule has 0 aliphatic carbocycles. The molecule has 98 valence electrons. The Morgan fingerprint density at radius 1 is 1.50 bits per heavy atom. The van der Waals surface area contributed by atoms with E-state index in [4.69, 9.17) is 22.7 Å². The molecule has 0 bridgehead atoms. The number of anilines is 1. The molecular formula is C14H20N2OS. The molecule has 1 aromatic rings. The van der Waals surface area contributed by atoms with Crippen molar-refractivity contribution in [1.29, 1.82) is 0 Å². The number of ether oxygens (including phenoxy) is 1. The summed E-state index contributed by atoms with van der Waals surface area (Å²) in [7, 11) is 0. The van der Waals surface area contributed by atoms with Crippen molar-refractivity contribution in [3.05, 3.63) is 29.3 Å². The molecular weight excluding hydrogens is 244 g/mol. The number of hydrogen-bond acceptors (Lipinski definition) is 3. The first kappa shape index (κ1) is 13.3. The summed E-state index contributed by atoms with van der Waals surface area (Å²) in [5.74, 6) is 0. The number of nitrogens with two attached hydrogens (primary N) is 1. The Bertz CT molecular complexity index is 453. The van der Waals surface area contributed by atoms with Gasteiger partial charge in [-0.25, -0.2) is 0 Å². The quantitative estimate of drug-likeness (QED) is 0.824. The minimum absolute atomic E-state index is 0.0232. The third kappa shape index (κ3) is 3.00. The van der Waals surface area contributed by atoms with Gasteiger partial charge in [-0.3, -0.25) is 0 Å². The zero-order chi connectivity index (χ0) is 13.2. The van der Waals surface area contributed by atoms with Gasteiger partial charge >= 0.3 is 0 Å². The highest BCUT2D eigenvalue weighted by atomic mass is 32.1. The predicted molar refractivity (Wildman–Crippen MR) is 79.1 cm³/mol. The molecule has 0 amide bonds. The fourth-order valence-electron chi connectivity index (χ4n) is 2.40. The number of thiocarbonyl (C=S) groups is 1. The second-order valence-electron chi connectivity index (χ2n) is 5.24. The third-order valence-electron chi connectivity index (χ3n) is 3.38. The van der Waals surface area contributed by atoms with Crippen LogP contribution in [-0.4, -0.2) is 23.7 Å². The van der Waals surface area contributed by atoms with Crippen molar-refractivity contribution >= 4 is 22.9 Å². The van der Waals surface area contributed by atoms with E-state index in [-0.39, 0.29) is 5.54 Å². The molecule has 1 fully saturated rings. The van der Waals surface area contributed by atoms with Crippen molar-refractivity contribution in [3.8, 4) is 0 Å². The van der Waals surface area contributed by atoms with Gasteiger partial charge in [0.15, 0.2) is 0 Å². The number of hydrogen-bond donors (Lipinski definition) is 2. The fraction of sp³-hybridized carbons (Fsp3) is 0.500. The second kappa shape index (κ2) is 5.24. The van der Waals surface area contributed by atoms with Gasteiger partial charge in [-0.05, 0) is 50.5 Å². The maximum absolute atomic E-state index is 5.67. The summed E-state index contributed by atoms with van der Waals surface area (Å²) < 4.78 is 5.55. The summed E-state index contributed by atoms with van der Waals surface area (Å²) in [4.78, 5) is 0.450.